The Morgan fingerprint density at radius 1 is 1.30 bits per heavy atom. The molecule has 1 aromatic carbocycles. The van der Waals surface area contributed by atoms with E-state index in [1.807, 2.05) is 25.1 Å². The highest BCUT2D eigenvalue weighted by Gasteiger charge is 2.43. The lowest BCUT2D eigenvalue weighted by Gasteiger charge is -2.46. The minimum atomic E-state index is -0.362. The Morgan fingerprint density at radius 3 is 2.65 bits per heavy atom. The molecule has 1 aliphatic rings. The van der Waals surface area contributed by atoms with Gasteiger partial charge in [-0.1, -0.05) is 43.7 Å². The summed E-state index contributed by atoms with van der Waals surface area (Å²) < 4.78 is 11.8. The van der Waals surface area contributed by atoms with Crippen LogP contribution in [0.3, 0.4) is 0 Å². The standard InChI is InChI=1S/C19H29NO3/c1-4-6-13-20-14-12-19(22-5-2,15-18(20)23-16(3)21)17-10-8-7-9-11-17/h7-11,18H,4-6,12-15H2,1-3H3. The van der Waals surface area contributed by atoms with Gasteiger partial charge >= 0.3 is 5.97 Å². The van der Waals surface area contributed by atoms with Gasteiger partial charge in [-0.15, -0.1) is 0 Å². The first-order valence-electron chi connectivity index (χ1n) is 8.72. The minimum absolute atomic E-state index is 0.209. The second-order valence-corrected chi connectivity index (χ2v) is 6.20. The molecular formula is C19H29NO3. The SMILES string of the molecule is CCCCN1CCC(OCC)(c2ccccc2)CC1OC(C)=O. The van der Waals surface area contributed by atoms with Crippen LogP contribution in [0.5, 0.6) is 0 Å². The molecule has 2 rings (SSSR count). The molecular weight excluding hydrogens is 290 g/mol. The van der Waals surface area contributed by atoms with Gasteiger partial charge in [0.2, 0.25) is 0 Å². The van der Waals surface area contributed by atoms with E-state index >= 15 is 0 Å². The van der Waals surface area contributed by atoms with Crippen LogP contribution >= 0.6 is 0 Å². The third-order valence-electron chi connectivity index (χ3n) is 4.54. The van der Waals surface area contributed by atoms with Gasteiger partial charge in [-0.3, -0.25) is 9.69 Å². The minimum Gasteiger partial charge on any atom is -0.446 e. The zero-order chi connectivity index (χ0) is 16.7. The van der Waals surface area contributed by atoms with E-state index in [0.717, 1.165) is 32.4 Å². The van der Waals surface area contributed by atoms with Crippen molar-refractivity contribution in [2.24, 2.45) is 0 Å². The van der Waals surface area contributed by atoms with Gasteiger partial charge in [-0.2, -0.15) is 0 Å². The first-order chi connectivity index (χ1) is 11.1. The number of carbonyl (C=O) groups excluding carboxylic acids is 1. The molecule has 1 saturated heterocycles. The van der Waals surface area contributed by atoms with E-state index in [0.29, 0.717) is 13.0 Å². The second kappa shape index (κ2) is 8.46. The number of piperidine rings is 1. The highest BCUT2D eigenvalue weighted by molar-refractivity contribution is 5.66. The van der Waals surface area contributed by atoms with Crippen LogP contribution in [0.1, 0.15) is 52.0 Å². The lowest BCUT2D eigenvalue weighted by atomic mass is 9.83. The number of benzene rings is 1. The van der Waals surface area contributed by atoms with Crippen molar-refractivity contribution < 1.29 is 14.3 Å². The fourth-order valence-electron chi connectivity index (χ4n) is 3.40. The average Bonchev–Trinajstić information content (AvgIpc) is 2.55. The van der Waals surface area contributed by atoms with Gasteiger partial charge in [0.15, 0.2) is 6.23 Å². The number of hydrogen-bond acceptors (Lipinski definition) is 4. The smallest absolute Gasteiger partial charge is 0.304 e. The van der Waals surface area contributed by atoms with Gasteiger partial charge in [0.25, 0.3) is 0 Å². The molecule has 23 heavy (non-hydrogen) atoms. The summed E-state index contributed by atoms with van der Waals surface area (Å²) in [6.07, 6.45) is 3.66. The van der Waals surface area contributed by atoms with E-state index in [-0.39, 0.29) is 17.8 Å². The second-order valence-electron chi connectivity index (χ2n) is 6.20. The van der Waals surface area contributed by atoms with Gasteiger partial charge in [-0.25, -0.2) is 0 Å². The molecule has 1 fully saturated rings. The molecule has 0 radical (unpaired) electrons. The molecule has 128 valence electrons. The van der Waals surface area contributed by atoms with Crippen LogP contribution in [-0.4, -0.2) is 36.8 Å². The summed E-state index contributed by atoms with van der Waals surface area (Å²) in [6.45, 7) is 8.18. The van der Waals surface area contributed by atoms with Crippen LogP contribution in [0, 0.1) is 0 Å². The van der Waals surface area contributed by atoms with Crippen LogP contribution in [0.15, 0.2) is 30.3 Å². The predicted molar refractivity (Wildman–Crippen MR) is 91.0 cm³/mol. The van der Waals surface area contributed by atoms with Crippen molar-refractivity contribution in [3.8, 4) is 0 Å². The first-order valence-corrected chi connectivity index (χ1v) is 8.72. The van der Waals surface area contributed by atoms with Crippen molar-refractivity contribution >= 4 is 5.97 Å². The van der Waals surface area contributed by atoms with Crippen molar-refractivity contribution in [3.05, 3.63) is 35.9 Å². The topological polar surface area (TPSA) is 38.8 Å². The van der Waals surface area contributed by atoms with E-state index in [4.69, 9.17) is 9.47 Å². The largest absolute Gasteiger partial charge is 0.446 e. The Balaban J connectivity index is 2.23. The van der Waals surface area contributed by atoms with Crippen LogP contribution < -0.4 is 0 Å². The maximum Gasteiger partial charge on any atom is 0.304 e. The Labute approximate surface area is 139 Å². The van der Waals surface area contributed by atoms with Crippen LogP contribution in [0.2, 0.25) is 0 Å². The number of esters is 1. The Hall–Kier alpha value is -1.39. The van der Waals surface area contributed by atoms with Crippen molar-refractivity contribution in [1.82, 2.24) is 4.90 Å². The number of nitrogens with zero attached hydrogens (tertiary/aromatic N) is 1. The zero-order valence-electron chi connectivity index (χ0n) is 14.6. The van der Waals surface area contributed by atoms with E-state index in [2.05, 4.69) is 24.0 Å². The van der Waals surface area contributed by atoms with Gasteiger partial charge in [-0.05, 0) is 25.3 Å². The monoisotopic (exact) mass is 319 g/mol. The number of carbonyl (C=O) groups is 1. The quantitative estimate of drug-likeness (QED) is 0.718. The summed E-state index contributed by atoms with van der Waals surface area (Å²) in [4.78, 5) is 13.8. The molecule has 0 spiro atoms. The van der Waals surface area contributed by atoms with Gasteiger partial charge in [0.05, 0.1) is 5.60 Å². The highest BCUT2D eigenvalue weighted by atomic mass is 16.6. The van der Waals surface area contributed by atoms with E-state index in [1.165, 1.54) is 12.5 Å². The number of rotatable bonds is 7. The lowest BCUT2D eigenvalue weighted by Crippen LogP contribution is -2.52. The molecule has 2 atom stereocenters. The van der Waals surface area contributed by atoms with Crippen molar-refractivity contribution in [2.45, 2.75) is 58.3 Å². The summed E-state index contributed by atoms with van der Waals surface area (Å²) in [5, 5.41) is 0. The molecule has 1 aliphatic heterocycles. The summed E-state index contributed by atoms with van der Waals surface area (Å²) in [5.74, 6) is -0.225. The number of hydrogen-bond donors (Lipinski definition) is 0. The predicted octanol–water partition coefficient (Wildman–Crippen LogP) is 3.70. The molecule has 1 aromatic rings. The molecule has 0 saturated carbocycles. The Bertz CT molecular complexity index is 491. The van der Waals surface area contributed by atoms with Crippen LogP contribution in [0.25, 0.3) is 0 Å². The summed E-state index contributed by atoms with van der Waals surface area (Å²) in [5.41, 5.74) is 0.813. The molecule has 1 heterocycles. The summed E-state index contributed by atoms with van der Waals surface area (Å²) in [7, 11) is 0. The number of unbranched alkanes of at least 4 members (excludes halogenated alkanes) is 1. The number of likely N-dealkylation sites (tertiary alicyclic amines) is 1. The first kappa shape index (κ1) is 18.0. The molecule has 0 N–H and O–H groups in total. The third kappa shape index (κ3) is 4.55. The fourth-order valence-corrected chi connectivity index (χ4v) is 3.40. The normalized spacial score (nSPS) is 25.3. The maximum absolute atomic E-state index is 11.5. The molecule has 0 aromatic heterocycles. The van der Waals surface area contributed by atoms with Gasteiger partial charge in [0, 0.05) is 33.0 Å². The Morgan fingerprint density at radius 2 is 2.04 bits per heavy atom. The molecule has 4 nitrogen and oxygen atoms in total. The van der Waals surface area contributed by atoms with Crippen LogP contribution in [-0.2, 0) is 19.9 Å². The Kier molecular flexibility index (Phi) is 6.60. The maximum atomic E-state index is 11.5. The van der Waals surface area contributed by atoms with Crippen molar-refractivity contribution in [1.29, 1.82) is 0 Å². The van der Waals surface area contributed by atoms with Crippen molar-refractivity contribution in [2.75, 3.05) is 19.7 Å². The van der Waals surface area contributed by atoms with E-state index in [9.17, 15) is 4.79 Å². The molecule has 2 unspecified atom stereocenters. The summed E-state index contributed by atoms with van der Waals surface area (Å²) in [6, 6.07) is 10.3. The zero-order valence-corrected chi connectivity index (χ0v) is 14.6. The van der Waals surface area contributed by atoms with E-state index < -0.39 is 0 Å². The van der Waals surface area contributed by atoms with Gasteiger partial charge in [0.1, 0.15) is 0 Å². The number of ether oxygens (including phenoxy) is 2. The lowest BCUT2D eigenvalue weighted by molar-refractivity contribution is -0.183. The van der Waals surface area contributed by atoms with Crippen LogP contribution in [0.4, 0.5) is 0 Å². The van der Waals surface area contributed by atoms with E-state index in [1.54, 1.807) is 0 Å². The highest BCUT2D eigenvalue weighted by Crippen LogP contribution is 2.39. The molecule has 0 aliphatic carbocycles. The molecule has 4 heteroatoms. The molecule has 0 amide bonds. The van der Waals surface area contributed by atoms with Crippen molar-refractivity contribution in [3.63, 3.8) is 0 Å². The summed E-state index contributed by atoms with van der Waals surface area (Å²) >= 11 is 0. The third-order valence-corrected chi connectivity index (χ3v) is 4.54. The average molecular weight is 319 g/mol. The molecule has 0 bridgehead atoms. The van der Waals surface area contributed by atoms with Gasteiger partial charge < -0.3 is 9.47 Å². The fraction of sp³-hybridized carbons (Fsp3) is 0.632.